The average Bonchev–Trinajstić information content (AvgIpc) is 2.46. The van der Waals surface area contributed by atoms with Crippen LogP contribution in [-0.4, -0.2) is 50.5 Å². The number of hydrogen-bond acceptors (Lipinski definition) is 3. The van der Waals surface area contributed by atoms with E-state index in [0.717, 1.165) is 26.2 Å². The van der Waals surface area contributed by atoms with Crippen molar-refractivity contribution < 1.29 is 9.47 Å². The van der Waals surface area contributed by atoms with Gasteiger partial charge in [-0.05, 0) is 18.8 Å². The summed E-state index contributed by atoms with van der Waals surface area (Å²) in [6.45, 7) is 6.53. The highest BCUT2D eigenvalue weighted by Gasteiger charge is 2.33. The minimum absolute atomic E-state index is 0.517. The van der Waals surface area contributed by atoms with Crippen LogP contribution in [0.25, 0.3) is 0 Å². The Balaban J connectivity index is 1.76. The molecule has 82 valence electrons. The van der Waals surface area contributed by atoms with Crippen LogP contribution < -0.4 is 0 Å². The minimum Gasteiger partial charge on any atom is -0.384 e. The molecule has 0 spiro atoms. The van der Waals surface area contributed by atoms with Crippen molar-refractivity contribution in [2.45, 2.75) is 32.0 Å². The monoisotopic (exact) mass is 199 g/mol. The second-order valence-electron chi connectivity index (χ2n) is 4.74. The van der Waals surface area contributed by atoms with E-state index < -0.39 is 0 Å². The van der Waals surface area contributed by atoms with E-state index in [9.17, 15) is 0 Å². The Labute approximate surface area is 86.4 Å². The zero-order chi connectivity index (χ0) is 9.97. The van der Waals surface area contributed by atoms with E-state index in [2.05, 4.69) is 11.8 Å². The third-order valence-electron chi connectivity index (χ3n) is 3.14. The molecule has 3 atom stereocenters. The van der Waals surface area contributed by atoms with Gasteiger partial charge in [0.25, 0.3) is 0 Å². The van der Waals surface area contributed by atoms with E-state index in [4.69, 9.17) is 9.47 Å². The summed E-state index contributed by atoms with van der Waals surface area (Å²) in [4.78, 5) is 2.54. The second-order valence-corrected chi connectivity index (χ2v) is 4.74. The normalized spacial score (nSPS) is 34.7. The molecule has 0 aromatic carbocycles. The van der Waals surface area contributed by atoms with Crippen LogP contribution in [-0.2, 0) is 9.47 Å². The van der Waals surface area contributed by atoms with Gasteiger partial charge in [-0.25, -0.2) is 0 Å². The first-order chi connectivity index (χ1) is 6.78. The molecule has 2 bridgehead atoms. The molecule has 0 N–H and O–H groups in total. The van der Waals surface area contributed by atoms with Gasteiger partial charge in [0, 0.05) is 33.4 Å². The molecule has 2 rings (SSSR count). The van der Waals surface area contributed by atoms with Gasteiger partial charge >= 0.3 is 0 Å². The number of morpholine rings is 1. The van der Waals surface area contributed by atoms with Gasteiger partial charge in [-0.15, -0.1) is 0 Å². The zero-order valence-corrected chi connectivity index (χ0v) is 9.24. The van der Waals surface area contributed by atoms with Gasteiger partial charge in [0.05, 0.1) is 12.2 Å². The number of rotatable bonds is 4. The lowest BCUT2D eigenvalue weighted by molar-refractivity contribution is -0.0445. The van der Waals surface area contributed by atoms with Crippen LogP contribution in [0.15, 0.2) is 0 Å². The maximum atomic E-state index is 5.80. The summed E-state index contributed by atoms with van der Waals surface area (Å²) in [6, 6.07) is 0. The molecule has 0 saturated carbocycles. The lowest BCUT2D eigenvalue weighted by Gasteiger charge is -2.33. The summed E-state index contributed by atoms with van der Waals surface area (Å²) in [6.07, 6.45) is 3.56. The van der Waals surface area contributed by atoms with Crippen LogP contribution in [0.5, 0.6) is 0 Å². The van der Waals surface area contributed by atoms with Crippen LogP contribution in [0.1, 0.15) is 19.8 Å². The van der Waals surface area contributed by atoms with Gasteiger partial charge in [0.15, 0.2) is 0 Å². The summed E-state index contributed by atoms with van der Waals surface area (Å²) in [5.41, 5.74) is 0. The quantitative estimate of drug-likeness (QED) is 0.677. The SMILES string of the molecule is COC[C@@H](C)CN1CC2CCC(C1)O2. The largest absolute Gasteiger partial charge is 0.384 e. The molecule has 2 aliphatic rings. The van der Waals surface area contributed by atoms with Crippen LogP contribution >= 0.6 is 0 Å². The lowest BCUT2D eigenvalue weighted by atomic mass is 10.1. The lowest BCUT2D eigenvalue weighted by Crippen LogP contribution is -2.44. The molecule has 3 heteroatoms. The van der Waals surface area contributed by atoms with Crippen LogP contribution in [0.4, 0.5) is 0 Å². The molecule has 2 fully saturated rings. The van der Waals surface area contributed by atoms with E-state index in [1.165, 1.54) is 12.8 Å². The van der Waals surface area contributed by atoms with E-state index >= 15 is 0 Å². The Morgan fingerprint density at radius 3 is 2.57 bits per heavy atom. The Hall–Kier alpha value is -0.120. The summed E-state index contributed by atoms with van der Waals surface area (Å²) in [5, 5.41) is 0. The fourth-order valence-corrected chi connectivity index (χ4v) is 2.63. The van der Waals surface area contributed by atoms with Crippen molar-refractivity contribution in [3.63, 3.8) is 0 Å². The van der Waals surface area contributed by atoms with Crippen LogP contribution in [0.2, 0.25) is 0 Å². The third-order valence-corrected chi connectivity index (χ3v) is 3.14. The van der Waals surface area contributed by atoms with E-state index in [1.807, 2.05) is 0 Å². The van der Waals surface area contributed by atoms with E-state index in [0.29, 0.717) is 18.1 Å². The molecule has 2 heterocycles. The van der Waals surface area contributed by atoms with Crippen LogP contribution in [0.3, 0.4) is 0 Å². The Bertz CT molecular complexity index is 174. The standard InChI is InChI=1S/C11H21NO2/c1-9(8-13-2)5-12-6-10-3-4-11(7-12)14-10/h9-11H,3-8H2,1-2H3/t9-,10?,11?/m0/s1. The molecular formula is C11H21NO2. The number of methoxy groups -OCH3 is 1. The molecule has 14 heavy (non-hydrogen) atoms. The summed E-state index contributed by atoms with van der Waals surface area (Å²) < 4.78 is 11.0. The van der Waals surface area contributed by atoms with E-state index in [1.54, 1.807) is 7.11 Å². The van der Waals surface area contributed by atoms with Crippen molar-refractivity contribution >= 4 is 0 Å². The summed E-state index contributed by atoms with van der Waals surface area (Å²) in [5.74, 6) is 0.637. The van der Waals surface area contributed by atoms with Crippen molar-refractivity contribution in [2.24, 2.45) is 5.92 Å². The minimum atomic E-state index is 0.517. The smallest absolute Gasteiger partial charge is 0.0707 e. The fourth-order valence-electron chi connectivity index (χ4n) is 2.63. The second kappa shape index (κ2) is 4.60. The Morgan fingerprint density at radius 2 is 2.00 bits per heavy atom. The molecule has 0 aromatic rings. The molecule has 2 aliphatic heterocycles. The van der Waals surface area contributed by atoms with Gasteiger partial charge in [0.1, 0.15) is 0 Å². The van der Waals surface area contributed by atoms with Crippen LogP contribution in [0, 0.1) is 5.92 Å². The van der Waals surface area contributed by atoms with Crippen molar-refractivity contribution in [3.05, 3.63) is 0 Å². The molecule has 2 saturated heterocycles. The molecule has 0 aliphatic carbocycles. The Morgan fingerprint density at radius 1 is 1.36 bits per heavy atom. The predicted octanol–water partition coefficient (Wildman–Crippen LogP) is 1.13. The molecule has 0 amide bonds. The molecule has 3 nitrogen and oxygen atoms in total. The van der Waals surface area contributed by atoms with E-state index in [-0.39, 0.29) is 0 Å². The first-order valence-corrected chi connectivity index (χ1v) is 5.64. The zero-order valence-electron chi connectivity index (χ0n) is 9.24. The predicted molar refractivity (Wildman–Crippen MR) is 55.4 cm³/mol. The van der Waals surface area contributed by atoms with Crippen molar-refractivity contribution in [2.75, 3.05) is 33.4 Å². The highest BCUT2D eigenvalue weighted by molar-refractivity contribution is 4.85. The van der Waals surface area contributed by atoms with Crippen molar-refractivity contribution in [1.82, 2.24) is 4.90 Å². The topological polar surface area (TPSA) is 21.7 Å². The number of hydrogen-bond donors (Lipinski definition) is 0. The number of nitrogens with zero attached hydrogens (tertiary/aromatic N) is 1. The molecular weight excluding hydrogens is 178 g/mol. The van der Waals surface area contributed by atoms with Gasteiger partial charge < -0.3 is 9.47 Å². The number of ether oxygens (including phenoxy) is 2. The molecule has 0 aromatic heterocycles. The van der Waals surface area contributed by atoms with Gasteiger partial charge in [0.2, 0.25) is 0 Å². The van der Waals surface area contributed by atoms with Gasteiger partial charge in [-0.3, -0.25) is 4.90 Å². The number of likely N-dealkylation sites (tertiary alicyclic amines) is 1. The fraction of sp³-hybridized carbons (Fsp3) is 1.00. The maximum Gasteiger partial charge on any atom is 0.0707 e. The average molecular weight is 199 g/mol. The first kappa shape index (κ1) is 10.4. The summed E-state index contributed by atoms with van der Waals surface area (Å²) >= 11 is 0. The van der Waals surface area contributed by atoms with Gasteiger partial charge in [-0.1, -0.05) is 6.92 Å². The Kier molecular flexibility index (Phi) is 3.42. The van der Waals surface area contributed by atoms with Crippen molar-refractivity contribution in [3.8, 4) is 0 Å². The molecule has 0 radical (unpaired) electrons. The highest BCUT2D eigenvalue weighted by atomic mass is 16.5. The summed E-state index contributed by atoms with van der Waals surface area (Å²) in [7, 11) is 1.78. The number of fused-ring (bicyclic) bond motifs is 2. The maximum absolute atomic E-state index is 5.80. The van der Waals surface area contributed by atoms with Crippen molar-refractivity contribution in [1.29, 1.82) is 0 Å². The van der Waals surface area contributed by atoms with Gasteiger partial charge in [-0.2, -0.15) is 0 Å². The first-order valence-electron chi connectivity index (χ1n) is 5.64. The highest BCUT2D eigenvalue weighted by Crippen LogP contribution is 2.26. The third kappa shape index (κ3) is 2.47. The molecule has 2 unspecified atom stereocenters.